The van der Waals surface area contributed by atoms with Crippen LogP contribution in [0.3, 0.4) is 0 Å². The molecular weight excluding hydrogens is 112 g/mol. The van der Waals surface area contributed by atoms with Gasteiger partial charge in [0.05, 0.1) is 0 Å². The first-order valence-electron chi connectivity index (χ1n) is 2.87. The summed E-state index contributed by atoms with van der Waals surface area (Å²) in [4.78, 5) is 0. The van der Waals surface area contributed by atoms with E-state index < -0.39 is 0 Å². The lowest BCUT2D eigenvalue weighted by Crippen LogP contribution is -1.93. The Morgan fingerprint density at radius 3 is 3.00 bits per heavy atom. The van der Waals surface area contributed by atoms with Crippen molar-refractivity contribution >= 4 is 0 Å². The van der Waals surface area contributed by atoms with Crippen molar-refractivity contribution in [3.8, 4) is 12.3 Å². The molecule has 0 saturated carbocycles. The van der Waals surface area contributed by atoms with Crippen molar-refractivity contribution in [3.05, 3.63) is 18.0 Å². The van der Waals surface area contributed by atoms with Gasteiger partial charge in [0.2, 0.25) is 0 Å². The van der Waals surface area contributed by atoms with E-state index in [2.05, 4.69) is 11.0 Å². The van der Waals surface area contributed by atoms with Crippen LogP contribution in [0.5, 0.6) is 0 Å². The Labute approximate surface area is 54.5 Å². The molecule has 46 valence electrons. The summed E-state index contributed by atoms with van der Waals surface area (Å²) >= 11 is 0. The van der Waals surface area contributed by atoms with E-state index in [9.17, 15) is 0 Å². The SMILES string of the molecule is C#Cc1ccn(CC)n1. The predicted molar refractivity (Wildman–Crippen MR) is 35.8 cm³/mol. The standard InChI is InChI=1S/C7H8N2/c1-3-7-5-6-9(4-2)8-7/h1,5-6H,4H2,2H3. The van der Waals surface area contributed by atoms with Crippen LogP contribution < -0.4 is 0 Å². The van der Waals surface area contributed by atoms with Crippen molar-refractivity contribution in [1.29, 1.82) is 0 Å². The summed E-state index contributed by atoms with van der Waals surface area (Å²) in [5.41, 5.74) is 0.705. The number of hydrogen-bond donors (Lipinski definition) is 0. The first kappa shape index (κ1) is 5.90. The number of aromatic nitrogens is 2. The smallest absolute Gasteiger partial charge is 0.134 e. The molecule has 0 aliphatic carbocycles. The maximum Gasteiger partial charge on any atom is 0.134 e. The average molecular weight is 120 g/mol. The Morgan fingerprint density at radius 1 is 1.89 bits per heavy atom. The molecule has 1 heterocycles. The normalized spacial score (nSPS) is 8.89. The maximum absolute atomic E-state index is 5.09. The third kappa shape index (κ3) is 1.11. The second kappa shape index (κ2) is 2.36. The van der Waals surface area contributed by atoms with E-state index in [4.69, 9.17) is 6.42 Å². The lowest BCUT2D eigenvalue weighted by atomic mass is 10.5. The Balaban J connectivity index is 2.90. The van der Waals surface area contributed by atoms with Gasteiger partial charge in [0.25, 0.3) is 0 Å². The highest BCUT2D eigenvalue weighted by Gasteiger charge is 1.89. The second-order valence-electron chi connectivity index (χ2n) is 1.70. The average Bonchev–Trinajstić information content (AvgIpc) is 2.34. The zero-order chi connectivity index (χ0) is 6.69. The van der Waals surface area contributed by atoms with E-state index in [0.29, 0.717) is 5.69 Å². The van der Waals surface area contributed by atoms with Gasteiger partial charge in [-0.25, -0.2) is 0 Å². The Hall–Kier alpha value is -1.23. The summed E-state index contributed by atoms with van der Waals surface area (Å²) in [6.07, 6.45) is 6.96. The van der Waals surface area contributed by atoms with Crippen molar-refractivity contribution in [2.45, 2.75) is 13.5 Å². The van der Waals surface area contributed by atoms with Crippen LogP contribution in [0.2, 0.25) is 0 Å². The third-order valence-corrected chi connectivity index (χ3v) is 1.11. The van der Waals surface area contributed by atoms with Gasteiger partial charge < -0.3 is 0 Å². The minimum Gasteiger partial charge on any atom is -0.272 e. The molecule has 0 spiro atoms. The van der Waals surface area contributed by atoms with Crippen LogP contribution in [0.4, 0.5) is 0 Å². The van der Waals surface area contributed by atoms with Crippen LogP contribution in [0.1, 0.15) is 12.6 Å². The molecule has 0 aromatic carbocycles. The minimum atomic E-state index is 0.705. The Bertz CT molecular complexity index is 229. The van der Waals surface area contributed by atoms with E-state index in [1.165, 1.54) is 0 Å². The molecule has 2 nitrogen and oxygen atoms in total. The molecule has 0 N–H and O–H groups in total. The molecule has 0 radical (unpaired) electrons. The number of nitrogens with zero attached hydrogens (tertiary/aromatic N) is 2. The molecule has 9 heavy (non-hydrogen) atoms. The quantitative estimate of drug-likeness (QED) is 0.503. The van der Waals surface area contributed by atoms with E-state index in [1.54, 1.807) is 4.68 Å². The number of aryl methyl sites for hydroxylation is 1. The van der Waals surface area contributed by atoms with Crippen molar-refractivity contribution in [3.63, 3.8) is 0 Å². The van der Waals surface area contributed by atoms with E-state index >= 15 is 0 Å². The van der Waals surface area contributed by atoms with E-state index in [1.807, 2.05) is 19.2 Å². The van der Waals surface area contributed by atoms with Crippen LogP contribution >= 0.6 is 0 Å². The lowest BCUT2D eigenvalue weighted by molar-refractivity contribution is 0.657. The van der Waals surface area contributed by atoms with E-state index in [-0.39, 0.29) is 0 Å². The van der Waals surface area contributed by atoms with Gasteiger partial charge in [-0.2, -0.15) is 5.10 Å². The maximum atomic E-state index is 5.09. The largest absolute Gasteiger partial charge is 0.272 e. The molecule has 2 heteroatoms. The summed E-state index contributed by atoms with van der Waals surface area (Å²) in [6, 6.07) is 1.82. The summed E-state index contributed by atoms with van der Waals surface area (Å²) in [5, 5.41) is 4.03. The molecule has 1 aromatic rings. The number of terminal acetylenes is 1. The van der Waals surface area contributed by atoms with Gasteiger partial charge in [0.1, 0.15) is 5.69 Å². The molecule has 0 aliphatic heterocycles. The fourth-order valence-corrected chi connectivity index (χ4v) is 0.615. The summed E-state index contributed by atoms with van der Waals surface area (Å²) < 4.78 is 1.80. The van der Waals surface area contributed by atoms with Gasteiger partial charge in [0, 0.05) is 12.7 Å². The molecule has 0 amide bonds. The van der Waals surface area contributed by atoms with Gasteiger partial charge in [-0.3, -0.25) is 4.68 Å². The Kier molecular flexibility index (Phi) is 1.55. The van der Waals surface area contributed by atoms with Crippen LogP contribution in [0.15, 0.2) is 12.3 Å². The van der Waals surface area contributed by atoms with Crippen molar-refractivity contribution in [1.82, 2.24) is 9.78 Å². The summed E-state index contributed by atoms with van der Waals surface area (Å²) in [6.45, 7) is 2.90. The molecule has 0 bridgehead atoms. The predicted octanol–water partition coefficient (Wildman–Crippen LogP) is 0.884. The zero-order valence-electron chi connectivity index (χ0n) is 5.33. The van der Waals surface area contributed by atoms with Gasteiger partial charge in [0.15, 0.2) is 0 Å². The highest BCUT2D eigenvalue weighted by atomic mass is 15.3. The highest BCUT2D eigenvalue weighted by Crippen LogP contribution is 1.91. The second-order valence-corrected chi connectivity index (χ2v) is 1.70. The molecule has 0 unspecified atom stereocenters. The van der Waals surface area contributed by atoms with Gasteiger partial charge >= 0.3 is 0 Å². The molecular formula is C7H8N2. The van der Waals surface area contributed by atoms with Gasteiger partial charge in [-0.1, -0.05) is 0 Å². The Morgan fingerprint density at radius 2 is 2.67 bits per heavy atom. The summed E-state index contributed by atoms with van der Waals surface area (Å²) in [5.74, 6) is 2.45. The van der Waals surface area contributed by atoms with Crippen LogP contribution in [0, 0.1) is 12.3 Å². The topological polar surface area (TPSA) is 17.8 Å². The van der Waals surface area contributed by atoms with E-state index in [0.717, 1.165) is 6.54 Å². The van der Waals surface area contributed by atoms with Crippen LogP contribution in [0.25, 0.3) is 0 Å². The first-order valence-corrected chi connectivity index (χ1v) is 2.87. The molecule has 0 saturated heterocycles. The first-order chi connectivity index (χ1) is 4.36. The van der Waals surface area contributed by atoms with Crippen LogP contribution in [-0.4, -0.2) is 9.78 Å². The number of hydrogen-bond acceptors (Lipinski definition) is 1. The molecule has 0 fully saturated rings. The van der Waals surface area contributed by atoms with Gasteiger partial charge in [-0.15, -0.1) is 6.42 Å². The summed E-state index contributed by atoms with van der Waals surface area (Å²) in [7, 11) is 0. The highest BCUT2D eigenvalue weighted by molar-refractivity contribution is 5.21. The van der Waals surface area contributed by atoms with Gasteiger partial charge in [-0.05, 0) is 18.9 Å². The van der Waals surface area contributed by atoms with Crippen LogP contribution in [-0.2, 0) is 6.54 Å². The third-order valence-electron chi connectivity index (χ3n) is 1.11. The molecule has 0 atom stereocenters. The lowest BCUT2D eigenvalue weighted by Gasteiger charge is -1.88. The number of rotatable bonds is 1. The monoisotopic (exact) mass is 120 g/mol. The van der Waals surface area contributed by atoms with Crippen molar-refractivity contribution < 1.29 is 0 Å². The fraction of sp³-hybridized carbons (Fsp3) is 0.286. The molecule has 1 aromatic heterocycles. The zero-order valence-corrected chi connectivity index (χ0v) is 5.33. The minimum absolute atomic E-state index is 0.705. The van der Waals surface area contributed by atoms with Crippen molar-refractivity contribution in [2.24, 2.45) is 0 Å². The molecule has 0 aliphatic rings. The van der Waals surface area contributed by atoms with Crippen molar-refractivity contribution in [2.75, 3.05) is 0 Å². The fourth-order valence-electron chi connectivity index (χ4n) is 0.615. The molecule has 1 rings (SSSR count).